The van der Waals surface area contributed by atoms with E-state index in [9.17, 15) is 23.6 Å². The van der Waals surface area contributed by atoms with Gasteiger partial charge in [0.1, 0.15) is 23.1 Å². The molecule has 31 heavy (non-hydrogen) atoms. The van der Waals surface area contributed by atoms with E-state index in [1.807, 2.05) is 11.4 Å². The molecule has 2 N–H and O–H groups in total. The van der Waals surface area contributed by atoms with Crippen LogP contribution < -0.4 is 10.7 Å². The first kappa shape index (κ1) is 23.0. The monoisotopic (exact) mass is 425 g/mol. The van der Waals surface area contributed by atoms with E-state index in [2.05, 4.69) is 15.3 Å². The zero-order valence-corrected chi connectivity index (χ0v) is 16.6. The number of nitrogens with one attached hydrogen (secondary N) is 2. The smallest absolute Gasteiger partial charge is 0.414 e. The summed E-state index contributed by atoms with van der Waals surface area (Å²) in [5.41, 5.74) is 0.784. The lowest BCUT2D eigenvalue weighted by Gasteiger charge is -2.23. The van der Waals surface area contributed by atoms with Gasteiger partial charge in [0.05, 0.1) is 18.4 Å². The van der Waals surface area contributed by atoms with Gasteiger partial charge >= 0.3 is 6.09 Å². The van der Waals surface area contributed by atoms with Crippen molar-refractivity contribution in [2.45, 2.75) is 19.3 Å². The third kappa shape index (κ3) is 5.40. The summed E-state index contributed by atoms with van der Waals surface area (Å²) in [6.07, 6.45) is -1.04. The molecule has 0 saturated carbocycles. The quantitative estimate of drug-likeness (QED) is 0.540. The number of carbonyl (C=O) groups is 2. The Labute approximate surface area is 176 Å². The minimum atomic E-state index is -1.39. The molecule has 0 aliphatic heterocycles. The van der Waals surface area contributed by atoms with Crippen molar-refractivity contribution in [3.05, 3.63) is 65.2 Å². The molecule has 0 heterocycles. The SMILES string of the molecule is CCOC(=O)NC(=O)C(C#N)=NNc1ccc(C(C)(C#N)c2ccc(F)cc2)c(F)c1. The molecule has 0 aliphatic rings. The Bertz CT molecular complexity index is 1100. The predicted octanol–water partition coefficient (Wildman–Crippen LogP) is 3.36. The number of hydrazone groups is 1. The summed E-state index contributed by atoms with van der Waals surface area (Å²) >= 11 is 0. The van der Waals surface area contributed by atoms with E-state index in [1.54, 1.807) is 0 Å². The maximum atomic E-state index is 14.8. The third-order valence-electron chi connectivity index (χ3n) is 4.26. The Hall–Kier alpha value is -4.31. The highest BCUT2D eigenvalue weighted by atomic mass is 19.1. The van der Waals surface area contributed by atoms with Crippen molar-refractivity contribution in [1.82, 2.24) is 5.32 Å². The second-order valence-electron chi connectivity index (χ2n) is 6.30. The molecular formula is C21H17F2N5O3. The summed E-state index contributed by atoms with van der Waals surface area (Å²) in [6, 6.07) is 12.5. The Morgan fingerprint density at radius 1 is 1.16 bits per heavy atom. The minimum Gasteiger partial charge on any atom is -0.450 e. The fourth-order valence-corrected chi connectivity index (χ4v) is 2.62. The van der Waals surface area contributed by atoms with E-state index in [0.717, 1.165) is 6.07 Å². The molecular weight excluding hydrogens is 408 g/mol. The normalized spacial score (nSPS) is 12.6. The Balaban J connectivity index is 2.25. The fourth-order valence-electron chi connectivity index (χ4n) is 2.62. The first-order valence-electron chi connectivity index (χ1n) is 8.94. The predicted molar refractivity (Wildman–Crippen MR) is 107 cm³/mol. The van der Waals surface area contributed by atoms with Crippen molar-refractivity contribution >= 4 is 23.4 Å². The van der Waals surface area contributed by atoms with Gasteiger partial charge in [-0.1, -0.05) is 18.2 Å². The number of imide groups is 1. The number of hydrogen-bond donors (Lipinski definition) is 2. The first-order chi connectivity index (χ1) is 14.7. The molecule has 0 fully saturated rings. The molecule has 8 nitrogen and oxygen atoms in total. The van der Waals surface area contributed by atoms with Crippen LogP contribution in [-0.4, -0.2) is 24.3 Å². The van der Waals surface area contributed by atoms with Crippen LogP contribution in [-0.2, 0) is 14.9 Å². The highest BCUT2D eigenvalue weighted by Gasteiger charge is 2.32. The molecule has 0 aromatic heterocycles. The second kappa shape index (κ2) is 9.94. The van der Waals surface area contributed by atoms with Crippen LogP contribution >= 0.6 is 0 Å². The number of rotatable bonds is 6. The standard InChI is InChI=1S/C21H17F2N5O3/c1-3-31-20(30)26-19(29)18(11-24)28-27-15-8-9-16(17(23)10-15)21(2,12-25)13-4-6-14(22)7-5-13/h4-10,27H,3H2,1-2H3,(H,26,29,30). The van der Waals surface area contributed by atoms with E-state index >= 15 is 0 Å². The molecule has 2 amide bonds. The summed E-state index contributed by atoms with van der Waals surface area (Å²) in [6.45, 7) is 3.06. The number of nitriles is 2. The summed E-state index contributed by atoms with van der Waals surface area (Å²) in [5, 5.41) is 24.1. The van der Waals surface area contributed by atoms with Gasteiger partial charge in [0.2, 0.25) is 5.71 Å². The summed E-state index contributed by atoms with van der Waals surface area (Å²) in [7, 11) is 0. The number of alkyl carbamates (subject to hydrolysis) is 1. The Kier molecular flexibility index (Phi) is 7.37. The van der Waals surface area contributed by atoms with Gasteiger partial charge in [0, 0.05) is 5.56 Å². The number of amides is 2. The fraction of sp³-hybridized carbons (Fsp3) is 0.190. The molecule has 0 saturated heterocycles. The van der Waals surface area contributed by atoms with Crippen LogP contribution in [0.4, 0.5) is 19.3 Å². The minimum absolute atomic E-state index is 0.0293. The van der Waals surface area contributed by atoms with Crippen molar-refractivity contribution in [3.63, 3.8) is 0 Å². The van der Waals surface area contributed by atoms with Crippen LogP contribution in [0.15, 0.2) is 47.6 Å². The molecule has 2 rings (SSSR count). The number of anilines is 1. The van der Waals surface area contributed by atoms with E-state index in [-0.39, 0.29) is 17.9 Å². The molecule has 0 bridgehead atoms. The van der Waals surface area contributed by atoms with Crippen molar-refractivity contribution in [2.24, 2.45) is 5.10 Å². The topological polar surface area (TPSA) is 127 Å². The van der Waals surface area contributed by atoms with Gasteiger partial charge in [-0.15, -0.1) is 0 Å². The molecule has 10 heteroatoms. The first-order valence-corrected chi connectivity index (χ1v) is 8.94. The maximum absolute atomic E-state index is 14.8. The van der Waals surface area contributed by atoms with Crippen molar-refractivity contribution in [1.29, 1.82) is 10.5 Å². The van der Waals surface area contributed by atoms with E-state index in [4.69, 9.17) is 5.26 Å². The lowest BCUT2D eigenvalue weighted by Crippen LogP contribution is -2.36. The summed E-state index contributed by atoms with van der Waals surface area (Å²) < 4.78 is 32.5. The van der Waals surface area contributed by atoms with Gasteiger partial charge in [0.15, 0.2) is 0 Å². The van der Waals surface area contributed by atoms with Crippen LogP contribution in [0.25, 0.3) is 0 Å². The third-order valence-corrected chi connectivity index (χ3v) is 4.26. The molecule has 0 radical (unpaired) electrons. The van der Waals surface area contributed by atoms with Crippen molar-refractivity contribution in [3.8, 4) is 12.1 Å². The van der Waals surface area contributed by atoms with Gasteiger partial charge in [-0.3, -0.25) is 15.5 Å². The number of benzene rings is 2. The van der Waals surface area contributed by atoms with Crippen LogP contribution in [0.1, 0.15) is 25.0 Å². The molecule has 158 valence electrons. The highest BCUT2D eigenvalue weighted by Crippen LogP contribution is 2.34. The summed E-state index contributed by atoms with van der Waals surface area (Å²) in [5.74, 6) is -2.34. The van der Waals surface area contributed by atoms with Gasteiger partial charge < -0.3 is 4.74 Å². The highest BCUT2D eigenvalue weighted by molar-refractivity contribution is 6.46. The zero-order valence-electron chi connectivity index (χ0n) is 16.6. The van der Waals surface area contributed by atoms with Gasteiger partial charge in [-0.25, -0.2) is 13.6 Å². The molecule has 2 aromatic carbocycles. The zero-order chi connectivity index (χ0) is 23.0. The van der Waals surface area contributed by atoms with Gasteiger partial charge in [-0.2, -0.15) is 15.6 Å². The molecule has 1 atom stereocenters. The van der Waals surface area contributed by atoms with E-state index < -0.39 is 34.8 Å². The largest absolute Gasteiger partial charge is 0.450 e. The maximum Gasteiger partial charge on any atom is 0.414 e. The van der Waals surface area contributed by atoms with Crippen molar-refractivity contribution in [2.75, 3.05) is 12.0 Å². The molecule has 0 spiro atoms. The van der Waals surface area contributed by atoms with Crippen molar-refractivity contribution < 1.29 is 23.1 Å². The van der Waals surface area contributed by atoms with E-state index in [1.165, 1.54) is 56.3 Å². The lowest BCUT2D eigenvalue weighted by molar-refractivity contribution is -0.114. The average molecular weight is 425 g/mol. The second-order valence-corrected chi connectivity index (χ2v) is 6.30. The average Bonchev–Trinajstić information content (AvgIpc) is 2.74. The molecule has 0 aliphatic carbocycles. The number of halogens is 2. The van der Waals surface area contributed by atoms with Crippen LogP contribution in [0.5, 0.6) is 0 Å². The molecule has 1 unspecified atom stereocenters. The Morgan fingerprint density at radius 3 is 2.39 bits per heavy atom. The van der Waals surface area contributed by atoms with Crippen LogP contribution in [0.2, 0.25) is 0 Å². The molecule has 2 aromatic rings. The van der Waals surface area contributed by atoms with Crippen LogP contribution in [0.3, 0.4) is 0 Å². The van der Waals surface area contributed by atoms with Gasteiger partial charge in [-0.05, 0) is 43.7 Å². The van der Waals surface area contributed by atoms with Gasteiger partial charge in [0.25, 0.3) is 5.91 Å². The summed E-state index contributed by atoms with van der Waals surface area (Å²) in [4.78, 5) is 23.1. The van der Waals surface area contributed by atoms with E-state index in [0.29, 0.717) is 5.56 Å². The number of ether oxygens (including phenoxy) is 1. The van der Waals surface area contributed by atoms with Crippen LogP contribution in [0, 0.1) is 34.3 Å². The Morgan fingerprint density at radius 2 is 1.84 bits per heavy atom. The number of hydrogen-bond acceptors (Lipinski definition) is 7. The number of carbonyl (C=O) groups excluding carboxylic acids is 2. The lowest BCUT2D eigenvalue weighted by atomic mass is 9.77. The number of nitrogens with zero attached hydrogens (tertiary/aromatic N) is 3.